The maximum Gasteiger partial charge on any atom is 0.261 e. The molecule has 0 aliphatic rings. The minimum Gasteiger partial charge on any atom is -0.372 e. The van der Waals surface area contributed by atoms with Gasteiger partial charge in [0.05, 0.1) is 10.6 Å². The molecule has 0 aromatic heterocycles. The van der Waals surface area contributed by atoms with Crippen molar-refractivity contribution in [3.63, 3.8) is 0 Å². The predicted molar refractivity (Wildman–Crippen MR) is 96.7 cm³/mol. The van der Waals surface area contributed by atoms with Gasteiger partial charge in [0.2, 0.25) is 0 Å². The smallest absolute Gasteiger partial charge is 0.261 e. The van der Waals surface area contributed by atoms with Crippen molar-refractivity contribution >= 4 is 21.4 Å². The van der Waals surface area contributed by atoms with Crippen molar-refractivity contribution in [1.82, 2.24) is 0 Å². The van der Waals surface area contributed by atoms with Crippen LogP contribution in [0.25, 0.3) is 0 Å². The number of hydrogen-bond donors (Lipinski definition) is 1. The highest BCUT2D eigenvalue weighted by atomic mass is 32.2. The van der Waals surface area contributed by atoms with E-state index in [1.54, 1.807) is 18.2 Å². The molecule has 0 aliphatic heterocycles. The lowest BCUT2D eigenvalue weighted by molar-refractivity contribution is 0.601. The minimum absolute atomic E-state index is 0.282. The van der Waals surface area contributed by atoms with E-state index in [0.717, 1.165) is 29.9 Å². The summed E-state index contributed by atoms with van der Waals surface area (Å²) >= 11 is 0. The van der Waals surface area contributed by atoms with Crippen molar-refractivity contribution in [2.75, 3.05) is 22.7 Å². The molecule has 0 unspecified atom stereocenters. The molecule has 124 valence electrons. The zero-order valence-corrected chi connectivity index (χ0v) is 14.9. The Morgan fingerprint density at radius 1 is 1.00 bits per heavy atom. The van der Waals surface area contributed by atoms with Crippen LogP contribution < -0.4 is 9.62 Å². The first-order chi connectivity index (χ1) is 10.9. The highest BCUT2D eigenvalue weighted by Gasteiger charge is 2.15. The molecule has 0 radical (unpaired) electrons. The van der Waals surface area contributed by atoms with Gasteiger partial charge in [-0.05, 0) is 69.2 Å². The van der Waals surface area contributed by atoms with Crippen LogP contribution in [0.1, 0.15) is 25.0 Å². The maximum atomic E-state index is 12.5. The molecule has 0 fully saturated rings. The number of sulfonamides is 1. The molecular weight excluding hydrogens is 308 g/mol. The molecule has 0 saturated carbocycles. The zero-order chi connectivity index (χ0) is 17.0. The highest BCUT2D eigenvalue weighted by Crippen LogP contribution is 2.25. The van der Waals surface area contributed by atoms with E-state index < -0.39 is 10.0 Å². The van der Waals surface area contributed by atoms with Gasteiger partial charge in [-0.3, -0.25) is 4.72 Å². The van der Waals surface area contributed by atoms with E-state index in [-0.39, 0.29) is 4.90 Å². The molecule has 0 saturated heterocycles. The van der Waals surface area contributed by atoms with E-state index in [1.165, 1.54) is 0 Å². The minimum atomic E-state index is -3.57. The van der Waals surface area contributed by atoms with E-state index in [0.29, 0.717) is 5.69 Å². The van der Waals surface area contributed by atoms with Crippen LogP contribution in [-0.4, -0.2) is 21.5 Å². The third-order valence-electron chi connectivity index (χ3n) is 3.88. The topological polar surface area (TPSA) is 49.4 Å². The largest absolute Gasteiger partial charge is 0.372 e. The van der Waals surface area contributed by atoms with Gasteiger partial charge in [-0.25, -0.2) is 8.42 Å². The second kappa shape index (κ2) is 7.04. The summed E-state index contributed by atoms with van der Waals surface area (Å²) < 4.78 is 27.7. The Labute approximate surface area is 139 Å². The molecule has 0 atom stereocenters. The van der Waals surface area contributed by atoms with Gasteiger partial charge in [0, 0.05) is 18.8 Å². The highest BCUT2D eigenvalue weighted by molar-refractivity contribution is 7.92. The third kappa shape index (κ3) is 4.05. The molecule has 0 amide bonds. The van der Waals surface area contributed by atoms with Gasteiger partial charge in [-0.2, -0.15) is 0 Å². The van der Waals surface area contributed by atoms with Gasteiger partial charge in [0.15, 0.2) is 0 Å². The van der Waals surface area contributed by atoms with Crippen molar-refractivity contribution in [3.8, 4) is 0 Å². The van der Waals surface area contributed by atoms with Gasteiger partial charge in [0.25, 0.3) is 10.0 Å². The second-order valence-corrected chi connectivity index (χ2v) is 7.28. The second-order valence-electron chi connectivity index (χ2n) is 5.59. The maximum absolute atomic E-state index is 12.5. The molecule has 4 nitrogen and oxygen atoms in total. The number of hydrogen-bond acceptors (Lipinski definition) is 3. The van der Waals surface area contributed by atoms with Crippen LogP contribution >= 0.6 is 0 Å². The summed E-state index contributed by atoms with van der Waals surface area (Å²) in [7, 11) is -3.57. The summed E-state index contributed by atoms with van der Waals surface area (Å²) in [5.41, 5.74) is 3.54. The predicted octanol–water partition coefficient (Wildman–Crippen LogP) is 3.95. The summed E-state index contributed by atoms with van der Waals surface area (Å²) in [4.78, 5) is 2.51. The molecule has 23 heavy (non-hydrogen) atoms. The fourth-order valence-electron chi connectivity index (χ4n) is 2.53. The molecule has 0 aliphatic carbocycles. The molecule has 2 aromatic rings. The molecule has 0 bridgehead atoms. The molecule has 2 aromatic carbocycles. The summed E-state index contributed by atoms with van der Waals surface area (Å²) in [5, 5.41) is 0. The molecule has 0 heterocycles. The van der Waals surface area contributed by atoms with Crippen molar-refractivity contribution in [1.29, 1.82) is 0 Å². The Bertz CT molecular complexity index is 781. The van der Waals surface area contributed by atoms with Crippen molar-refractivity contribution in [3.05, 3.63) is 53.6 Å². The van der Waals surface area contributed by atoms with Crippen molar-refractivity contribution in [2.45, 2.75) is 32.6 Å². The first kappa shape index (κ1) is 17.3. The Kier molecular flexibility index (Phi) is 5.31. The van der Waals surface area contributed by atoms with Gasteiger partial charge < -0.3 is 4.90 Å². The van der Waals surface area contributed by atoms with E-state index in [4.69, 9.17) is 0 Å². The first-order valence-electron chi connectivity index (χ1n) is 7.82. The lowest BCUT2D eigenvalue weighted by atomic mass is 10.1. The Hall–Kier alpha value is -2.01. The SMILES string of the molecule is CCN(CC)c1ccc(NS(=O)(=O)c2cccc(C)c2)c(C)c1. The van der Waals surface area contributed by atoms with Gasteiger partial charge >= 0.3 is 0 Å². The van der Waals surface area contributed by atoms with Crippen LogP contribution in [0.5, 0.6) is 0 Å². The van der Waals surface area contributed by atoms with E-state index in [2.05, 4.69) is 23.5 Å². The fraction of sp³-hybridized carbons (Fsp3) is 0.333. The van der Waals surface area contributed by atoms with Crippen LogP contribution in [0.4, 0.5) is 11.4 Å². The van der Waals surface area contributed by atoms with Crippen LogP contribution in [0.3, 0.4) is 0 Å². The molecular formula is C18H24N2O2S. The Morgan fingerprint density at radius 3 is 2.26 bits per heavy atom. The number of benzene rings is 2. The van der Waals surface area contributed by atoms with E-state index in [1.807, 2.05) is 38.1 Å². The summed E-state index contributed by atoms with van der Waals surface area (Å²) in [6.45, 7) is 9.85. The molecule has 0 spiro atoms. The average Bonchev–Trinajstić information content (AvgIpc) is 2.51. The summed E-state index contributed by atoms with van der Waals surface area (Å²) in [5.74, 6) is 0. The van der Waals surface area contributed by atoms with Crippen LogP contribution in [0.2, 0.25) is 0 Å². The van der Waals surface area contributed by atoms with Crippen LogP contribution in [0.15, 0.2) is 47.4 Å². The molecule has 2 rings (SSSR count). The Morgan fingerprint density at radius 2 is 1.70 bits per heavy atom. The van der Waals surface area contributed by atoms with Gasteiger partial charge in [0.1, 0.15) is 0 Å². The van der Waals surface area contributed by atoms with E-state index in [9.17, 15) is 8.42 Å². The molecule has 5 heteroatoms. The van der Waals surface area contributed by atoms with Gasteiger partial charge in [-0.15, -0.1) is 0 Å². The number of anilines is 2. The fourth-order valence-corrected chi connectivity index (χ4v) is 3.77. The number of aryl methyl sites for hydroxylation is 2. The zero-order valence-electron chi connectivity index (χ0n) is 14.1. The lowest BCUT2D eigenvalue weighted by Crippen LogP contribution is -2.22. The number of rotatable bonds is 6. The summed E-state index contributed by atoms with van der Waals surface area (Å²) in [6, 6.07) is 12.7. The quantitative estimate of drug-likeness (QED) is 0.871. The normalized spacial score (nSPS) is 11.3. The average molecular weight is 332 g/mol. The number of nitrogens with one attached hydrogen (secondary N) is 1. The monoisotopic (exact) mass is 332 g/mol. The van der Waals surface area contributed by atoms with Crippen molar-refractivity contribution in [2.24, 2.45) is 0 Å². The Balaban J connectivity index is 2.30. The third-order valence-corrected chi connectivity index (χ3v) is 5.25. The van der Waals surface area contributed by atoms with Crippen LogP contribution in [0, 0.1) is 13.8 Å². The van der Waals surface area contributed by atoms with E-state index >= 15 is 0 Å². The van der Waals surface area contributed by atoms with Crippen molar-refractivity contribution < 1.29 is 8.42 Å². The van der Waals surface area contributed by atoms with Gasteiger partial charge in [-0.1, -0.05) is 12.1 Å². The summed E-state index contributed by atoms with van der Waals surface area (Å²) in [6.07, 6.45) is 0. The molecule has 1 N–H and O–H groups in total. The standard InChI is InChI=1S/C18H24N2O2S/c1-5-20(6-2)16-10-11-18(15(4)13-16)19-23(21,22)17-9-7-8-14(3)12-17/h7-13,19H,5-6H2,1-4H3. The van der Waals surface area contributed by atoms with Crippen LogP contribution in [-0.2, 0) is 10.0 Å². The number of nitrogens with zero attached hydrogens (tertiary/aromatic N) is 1. The lowest BCUT2D eigenvalue weighted by Gasteiger charge is -2.22. The first-order valence-corrected chi connectivity index (χ1v) is 9.30.